The fourth-order valence-corrected chi connectivity index (χ4v) is 7.03. The molecule has 1 aliphatic heterocycles. The zero-order valence-corrected chi connectivity index (χ0v) is 32.5. The molecule has 0 bridgehead atoms. The second-order valence-electron chi connectivity index (χ2n) is 13.5. The summed E-state index contributed by atoms with van der Waals surface area (Å²) in [6.45, 7) is 5.96. The van der Waals surface area contributed by atoms with Gasteiger partial charge < -0.3 is 25.8 Å². The minimum absolute atomic E-state index is 0.0820. The molecule has 4 N–H and O–H groups in total. The van der Waals surface area contributed by atoms with E-state index in [0.29, 0.717) is 60.2 Å². The Morgan fingerprint density at radius 2 is 1.36 bits per heavy atom. The molecule has 0 spiro atoms. The number of rotatable bonds is 6. The minimum Gasteiger partial charge on any atom is -0.461 e. The molecule has 3 aromatic carbocycles. The summed E-state index contributed by atoms with van der Waals surface area (Å²) in [5.74, 6) is -1.19. The average molecular weight is 817 g/mol. The summed E-state index contributed by atoms with van der Waals surface area (Å²) in [6, 6.07) is 19.7. The van der Waals surface area contributed by atoms with Crippen LogP contribution in [-0.4, -0.2) is 83.4 Å². The van der Waals surface area contributed by atoms with Crippen LogP contribution in [0.3, 0.4) is 0 Å². The van der Waals surface area contributed by atoms with Gasteiger partial charge in [-0.05, 0) is 86.1 Å². The molecule has 0 saturated carbocycles. The molecule has 5 aromatic heterocycles. The molecule has 1 fully saturated rings. The van der Waals surface area contributed by atoms with Crippen LogP contribution in [0.4, 0.5) is 20.4 Å². The van der Waals surface area contributed by atoms with E-state index in [0.717, 1.165) is 22.0 Å². The lowest BCUT2D eigenvalue weighted by Gasteiger charge is -2.25. The molecule has 298 valence electrons. The van der Waals surface area contributed by atoms with Crippen LogP contribution in [0.1, 0.15) is 33.5 Å². The molecular formula is C42H35ClF2N10O4. The highest BCUT2D eigenvalue weighted by atomic mass is 35.5. The molecule has 1 amide bonds. The Morgan fingerprint density at radius 1 is 0.780 bits per heavy atom. The predicted molar refractivity (Wildman–Crippen MR) is 219 cm³/mol. The number of nitrogen functional groups attached to an aromatic ring is 2. The van der Waals surface area contributed by atoms with Crippen LogP contribution in [0.2, 0.25) is 5.15 Å². The van der Waals surface area contributed by atoms with Crippen LogP contribution in [-0.2, 0) is 9.47 Å². The van der Waals surface area contributed by atoms with E-state index >= 15 is 0 Å². The van der Waals surface area contributed by atoms with Crippen molar-refractivity contribution < 1.29 is 27.8 Å². The third kappa shape index (κ3) is 7.58. The molecule has 8 aromatic rings. The van der Waals surface area contributed by atoms with Crippen molar-refractivity contribution in [2.75, 3.05) is 44.4 Å². The number of fused-ring (bicyclic) bond motifs is 3. The number of nitrogens with two attached hydrogens (primary N) is 2. The van der Waals surface area contributed by atoms with Gasteiger partial charge in [0.2, 0.25) is 0 Å². The molecule has 6 heterocycles. The summed E-state index contributed by atoms with van der Waals surface area (Å²) in [7, 11) is 0. The zero-order valence-electron chi connectivity index (χ0n) is 31.7. The minimum atomic E-state index is -0.574. The van der Waals surface area contributed by atoms with Crippen LogP contribution in [0.25, 0.3) is 56.0 Å². The van der Waals surface area contributed by atoms with Gasteiger partial charge >= 0.3 is 5.97 Å². The van der Waals surface area contributed by atoms with E-state index in [1.807, 2.05) is 35.6 Å². The Bertz CT molecular complexity index is 2900. The van der Waals surface area contributed by atoms with Crippen molar-refractivity contribution >= 4 is 57.3 Å². The molecule has 0 atom stereocenters. The maximum absolute atomic E-state index is 13.7. The number of hydrogen-bond acceptors (Lipinski definition) is 11. The van der Waals surface area contributed by atoms with Crippen LogP contribution in [0.15, 0.2) is 91.4 Å². The Hall–Kier alpha value is -7.04. The van der Waals surface area contributed by atoms with Crippen LogP contribution in [0.5, 0.6) is 0 Å². The third-order valence-electron chi connectivity index (χ3n) is 9.68. The van der Waals surface area contributed by atoms with Gasteiger partial charge in [-0.25, -0.2) is 33.5 Å². The van der Waals surface area contributed by atoms with Crippen molar-refractivity contribution in [2.24, 2.45) is 0 Å². The SMILES string of the molecule is CCOC(=O)c1cn2c(Cl)c(-c3ccc(F)cc3)nc(N)c2n1.Cc1ccnc2ccc(-c3c(-c4ccc(F)cc4)nc(N)c4nc(C(=O)N5CCOCC5)cn34)cc12. The number of morpholine rings is 1. The summed E-state index contributed by atoms with van der Waals surface area (Å²) >= 11 is 6.34. The van der Waals surface area contributed by atoms with Crippen LogP contribution < -0.4 is 11.5 Å². The molecule has 9 rings (SSSR count). The number of carbonyl (C=O) groups excluding carboxylic acids is 2. The first-order valence-electron chi connectivity index (χ1n) is 18.4. The second kappa shape index (κ2) is 16.1. The zero-order chi connectivity index (χ0) is 41.4. The van der Waals surface area contributed by atoms with Crippen molar-refractivity contribution in [3.63, 3.8) is 0 Å². The Morgan fingerprint density at radius 3 is 2.02 bits per heavy atom. The van der Waals surface area contributed by atoms with Gasteiger partial charge in [0.15, 0.2) is 28.6 Å². The number of anilines is 2. The summed E-state index contributed by atoms with van der Waals surface area (Å²) in [6.07, 6.45) is 4.91. The standard InChI is InChI=1S/C27H23FN6O2.C15H12ClFN4O2/c1-16-8-9-30-21-7-4-18(14-20(16)21)24-23(17-2-5-19(28)6-3-17)32-25(29)26-31-22(15-34(24)26)27(35)33-10-12-36-13-11-33;1-2-23-15(22)10-7-21-12(16)11(20-13(18)14(21)19-10)8-3-5-9(17)6-4-8/h2-9,14-15H,10-13H2,1H3,(H2,29,32);3-7H,2H2,1H3,(H2,18,20). The number of benzene rings is 3. The fourth-order valence-electron chi connectivity index (χ4n) is 6.75. The van der Waals surface area contributed by atoms with E-state index in [4.69, 9.17) is 32.5 Å². The molecular weight excluding hydrogens is 782 g/mol. The Kier molecular flexibility index (Phi) is 10.6. The largest absolute Gasteiger partial charge is 0.461 e. The van der Waals surface area contributed by atoms with Crippen molar-refractivity contribution in [1.82, 2.24) is 38.6 Å². The molecule has 1 saturated heterocycles. The fraction of sp³-hybridized carbons (Fsp3) is 0.167. The lowest BCUT2D eigenvalue weighted by Crippen LogP contribution is -2.40. The molecule has 0 aliphatic carbocycles. The number of aromatic nitrogens is 7. The molecule has 0 unspecified atom stereocenters. The number of ether oxygens (including phenoxy) is 2. The van der Waals surface area contributed by atoms with Crippen molar-refractivity contribution in [3.05, 3.63) is 125 Å². The first-order valence-corrected chi connectivity index (χ1v) is 18.8. The van der Waals surface area contributed by atoms with Crippen molar-refractivity contribution in [3.8, 4) is 33.8 Å². The van der Waals surface area contributed by atoms with E-state index in [9.17, 15) is 18.4 Å². The first kappa shape index (κ1) is 38.8. The summed E-state index contributed by atoms with van der Waals surface area (Å²) in [5.41, 5.74) is 19.0. The Labute approximate surface area is 340 Å². The molecule has 59 heavy (non-hydrogen) atoms. The van der Waals surface area contributed by atoms with Gasteiger partial charge in [0.05, 0.1) is 36.7 Å². The lowest BCUT2D eigenvalue weighted by molar-refractivity contribution is 0.0299. The third-order valence-corrected chi connectivity index (χ3v) is 10.0. The normalized spacial score (nSPS) is 12.8. The van der Waals surface area contributed by atoms with Gasteiger partial charge in [-0.15, -0.1) is 0 Å². The lowest BCUT2D eigenvalue weighted by atomic mass is 10.0. The number of imidazole rings is 2. The number of esters is 1. The van der Waals surface area contributed by atoms with E-state index in [-0.39, 0.29) is 58.0 Å². The van der Waals surface area contributed by atoms with E-state index in [2.05, 4.69) is 24.9 Å². The van der Waals surface area contributed by atoms with E-state index in [1.165, 1.54) is 47.0 Å². The highest BCUT2D eigenvalue weighted by Crippen LogP contribution is 2.36. The summed E-state index contributed by atoms with van der Waals surface area (Å²) in [5, 5.41) is 1.21. The van der Waals surface area contributed by atoms with E-state index < -0.39 is 5.97 Å². The van der Waals surface area contributed by atoms with Gasteiger partial charge in [0.1, 0.15) is 28.2 Å². The predicted octanol–water partition coefficient (Wildman–Crippen LogP) is 7.06. The number of hydrogen-bond donors (Lipinski definition) is 2. The monoisotopic (exact) mass is 816 g/mol. The number of nitrogens with zero attached hydrogens (tertiary/aromatic N) is 8. The van der Waals surface area contributed by atoms with Gasteiger partial charge in [-0.2, -0.15) is 0 Å². The average Bonchev–Trinajstić information content (AvgIpc) is 3.91. The maximum atomic E-state index is 13.7. The van der Waals surface area contributed by atoms with Crippen molar-refractivity contribution in [2.45, 2.75) is 13.8 Å². The molecule has 1 aliphatic rings. The van der Waals surface area contributed by atoms with Gasteiger partial charge in [-0.3, -0.25) is 18.6 Å². The van der Waals surface area contributed by atoms with Gasteiger partial charge in [0.25, 0.3) is 5.91 Å². The van der Waals surface area contributed by atoms with Gasteiger partial charge in [0, 0.05) is 53.8 Å². The quantitative estimate of drug-likeness (QED) is 0.164. The van der Waals surface area contributed by atoms with E-state index in [1.54, 1.807) is 36.4 Å². The summed E-state index contributed by atoms with van der Waals surface area (Å²) in [4.78, 5) is 48.8. The molecule has 17 heteroatoms. The second-order valence-corrected chi connectivity index (χ2v) is 13.8. The number of amides is 1. The number of carbonyl (C=O) groups is 2. The first-order chi connectivity index (χ1) is 28.5. The topological polar surface area (TPSA) is 181 Å². The van der Waals surface area contributed by atoms with Crippen LogP contribution >= 0.6 is 11.6 Å². The number of halogens is 3. The number of aryl methyl sites for hydroxylation is 1. The molecule has 0 radical (unpaired) electrons. The Balaban J connectivity index is 0.000000182. The molecule has 14 nitrogen and oxygen atoms in total. The smallest absolute Gasteiger partial charge is 0.358 e. The van der Waals surface area contributed by atoms with Crippen LogP contribution in [0, 0.1) is 18.6 Å². The number of pyridine rings is 1. The van der Waals surface area contributed by atoms with Gasteiger partial charge in [-0.1, -0.05) is 17.7 Å². The van der Waals surface area contributed by atoms with Crippen molar-refractivity contribution in [1.29, 1.82) is 0 Å². The summed E-state index contributed by atoms with van der Waals surface area (Å²) < 4.78 is 40.3. The highest BCUT2D eigenvalue weighted by Gasteiger charge is 2.25. The maximum Gasteiger partial charge on any atom is 0.358 e. The highest BCUT2D eigenvalue weighted by molar-refractivity contribution is 6.32.